The van der Waals surface area contributed by atoms with E-state index in [4.69, 9.17) is 4.74 Å². The summed E-state index contributed by atoms with van der Waals surface area (Å²) in [5.41, 5.74) is 1.85. The number of carboxylic acids is 1. The van der Waals surface area contributed by atoms with Crippen LogP contribution in [0.15, 0.2) is 36.9 Å². The van der Waals surface area contributed by atoms with Gasteiger partial charge in [-0.15, -0.1) is 35.1 Å². The van der Waals surface area contributed by atoms with Gasteiger partial charge in [0.05, 0.1) is 46.3 Å². The Morgan fingerprint density at radius 2 is 1.15 bits per heavy atom. The Kier molecular flexibility index (Phi) is 14.8. The van der Waals surface area contributed by atoms with Crippen molar-refractivity contribution in [2.75, 3.05) is 36.8 Å². The molecule has 8 heterocycles. The van der Waals surface area contributed by atoms with Crippen LogP contribution in [-0.4, -0.2) is 110 Å². The molecular weight excluding hydrogens is 906 g/mol. The highest BCUT2D eigenvalue weighted by atomic mass is 35.5. The summed E-state index contributed by atoms with van der Waals surface area (Å²) in [6, 6.07) is 2.02. The van der Waals surface area contributed by atoms with Gasteiger partial charge in [-0.3, -0.25) is 29.1 Å². The number of halogens is 3. The average Bonchev–Trinajstić information content (AvgIpc) is 4.06. The second kappa shape index (κ2) is 19.9. The maximum Gasteiger partial charge on any atom is 0.311 e. The Bertz CT molecular complexity index is 2750. The van der Waals surface area contributed by atoms with Gasteiger partial charge in [0.1, 0.15) is 26.6 Å². The van der Waals surface area contributed by atoms with Gasteiger partial charge >= 0.3 is 11.9 Å². The third kappa shape index (κ3) is 11.6. The fourth-order valence-corrected chi connectivity index (χ4v) is 8.81. The van der Waals surface area contributed by atoms with Crippen LogP contribution >= 0.6 is 35.1 Å². The van der Waals surface area contributed by atoms with Crippen molar-refractivity contribution in [3.8, 4) is 0 Å². The molecular formula is C42H47ClF2N12O6S2. The lowest BCUT2D eigenvalue weighted by Gasteiger charge is -2.22. The molecule has 8 rings (SSSR count). The zero-order valence-electron chi connectivity index (χ0n) is 36.5. The number of carbonyl (C=O) groups excluding carboxylic acids is 3. The molecule has 3 N–H and O–H groups in total. The maximum atomic E-state index is 13.6. The van der Waals surface area contributed by atoms with Crippen molar-refractivity contribution in [1.82, 2.24) is 49.7 Å². The fourth-order valence-electron chi connectivity index (χ4n) is 7.13. The van der Waals surface area contributed by atoms with E-state index in [1.165, 1.54) is 45.9 Å². The number of carboxylic acid groups (broad SMARTS) is 1. The van der Waals surface area contributed by atoms with E-state index < -0.39 is 29.1 Å². The Hall–Kier alpha value is -6.13. The monoisotopic (exact) mass is 952 g/mol. The van der Waals surface area contributed by atoms with Crippen LogP contribution in [-0.2, 0) is 14.3 Å². The number of pyridine rings is 2. The van der Waals surface area contributed by atoms with Crippen LogP contribution in [0.1, 0.15) is 102 Å². The summed E-state index contributed by atoms with van der Waals surface area (Å²) in [7, 11) is 0. The lowest BCUT2D eigenvalue weighted by molar-refractivity contribution is -0.159. The molecule has 2 fully saturated rings. The number of aliphatic carboxylic acids is 1. The van der Waals surface area contributed by atoms with E-state index >= 15 is 0 Å². The Labute approximate surface area is 386 Å². The molecule has 65 heavy (non-hydrogen) atoms. The second-order valence-corrected chi connectivity index (χ2v) is 18.9. The number of anilines is 2. The quantitative estimate of drug-likeness (QED) is 0.118. The molecule has 0 bridgehead atoms. The van der Waals surface area contributed by atoms with Gasteiger partial charge in [-0.2, -0.15) is 9.97 Å². The van der Waals surface area contributed by atoms with Gasteiger partial charge < -0.3 is 30.3 Å². The van der Waals surface area contributed by atoms with E-state index in [0.717, 1.165) is 22.4 Å². The number of carbonyl (C=O) groups is 4. The molecule has 2 aliphatic heterocycles. The molecule has 2 saturated heterocycles. The summed E-state index contributed by atoms with van der Waals surface area (Å²) in [4.78, 5) is 87.7. The molecule has 6 aromatic rings. The van der Waals surface area contributed by atoms with Crippen molar-refractivity contribution >= 4 is 91.4 Å². The van der Waals surface area contributed by atoms with Gasteiger partial charge in [0.25, 0.3) is 11.8 Å². The number of nitrogens with one attached hydrogen (secondary N) is 2. The van der Waals surface area contributed by atoms with Gasteiger partial charge in [-0.25, -0.2) is 28.7 Å². The van der Waals surface area contributed by atoms with Gasteiger partial charge in [0.2, 0.25) is 11.9 Å². The van der Waals surface area contributed by atoms with Crippen molar-refractivity contribution in [1.29, 1.82) is 0 Å². The van der Waals surface area contributed by atoms with E-state index in [1.807, 2.05) is 41.5 Å². The minimum absolute atomic E-state index is 0. The number of hydrogen-bond acceptors (Lipinski definition) is 17. The zero-order valence-corrected chi connectivity index (χ0v) is 38.9. The number of fused-ring (bicyclic) bond motifs is 2. The summed E-state index contributed by atoms with van der Waals surface area (Å²) in [6.07, 6.45) is 6.28. The number of likely N-dealkylation sites (tertiary alicyclic amines) is 2. The fraction of sp³-hybridized carbons (Fsp3) is 0.429. The summed E-state index contributed by atoms with van der Waals surface area (Å²) < 4.78 is 33.7. The summed E-state index contributed by atoms with van der Waals surface area (Å²) in [6.45, 7) is 13.9. The number of ether oxygens (including phenoxy) is 1. The minimum Gasteiger partial charge on any atom is -0.481 e. The number of aromatic nitrogens is 8. The molecule has 4 atom stereocenters. The van der Waals surface area contributed by atoms with Crippen LogP contribution in [0.5, 0.6) is 0 Å². The van der Waals surface area contributed by atoms with Crippen LogP contribution in [0.25, 0.3) is 20.7 Å². The SMILES string of the molecule is Cc1nc2nc(N[C@@H](C)c3cncc(F)c3)nc(C(=O)N3CCC(C(=O)O)C3)c2s1.Cc1nc2nc(N[C@@H](C)c3cncc(F)c3)nc(C(=O)N3CCC(C(=O)OC(C)(C)C)C3)c2s1.Cl. The third-order valence-corrected chi connectivity index (χ3v) is 12.2. The molecule has 0 aliphatic carbocycles. The topological polar surface area (TPSA) is 231 Å². The molecule has 23 heteroatoms. The molecule has 0 aromatic carbocycles. The van der Waals surface area contributed by atoms with Crippen LogP contribution in [0.3, 0.4) is 0 Å². The molecule has 0 radical (unpaired) electrons. The molecule has 344 valence electrons. The first-order valence-electron chi connectivity index (χ1n) is 20.4. The number of aryl methyl sites for hydroxylation is 2. The van der Waals surface area contributed by atoms with Crippen molar-refractivity contribution in [2.24, 2.45) is 11.8 Å². The third-order valence-electron chi connectivity index (χ3n) is 10.3. The van der Waals surface area contributed by atoms with E-state index in [0.29, 0.717) is 57.8 Å². The van der Waals surface area contributed by atoms with Crippen LogP contribution in [0, 0.1) is 37.3 Å². The second-order valence-electron chi connectivity index (χ2n) is 16.5. The maximum absolute atomic E-state index is 13.6. The van der Waals surface area contributed by atoms with E-state index in [9.17, 15) is 33.1 Å². The number of rotatable bonds is 10. The van der Waals surface area contributed by atoms with Crippen molar-refractivity contribution in [2.45, 2.75) is 79.0 Å². The van der Waals surface area contributed by atoms with Gasteiger partial charge in [-0.05, 0) is 84.6 Å². The molecule has 6 aromatic heterocycles. The smallest absolute Gasteiger partial charge is 0.311 e. The van der Waals surface area contributed by atoms with Crippen molar-refractivity contribution in [3.05, 3.63) is 81.1 Å². The molecule has 2 unspecified atom stereocenters. The lowest BCUT2D eigenvalue weighted by atomic mass is 10.1. The predicted molar refractivity (Wildman–Crippen MR) is 241 cm³/mol. The average molecular weight is 953 g/mol. The molecule has 2 aliphatic rings. The van der Waals surface area contributed by atoms with Crippen molar-refractivity contribution in [3.63, 3.8) is 0 Å². The van der Waals surface area contributed by atoms with E-state index in [1.54, 1.807) is 18.0 Å². The minimum atomic E-state index is -0.911. The molecule has 0 spiro atoms. The summed E-state index contributed by atoms with van der Waals surface area (Å²) in [5.74, 6) is -3.30. The largest absolute Gasteiger partial charge is 0.481 e. The molecule has 18 nitrogen and oxygen atoms in total. The van der Waals surface area contributed by atoms with Gasteiger partial charge in [0, 0.05) is 38.6 Å². The Morgan fingerprint density at radius 1 is 0.723 bits per heavy atom. The molecule has 2 amide bonds. The number of amides is 2. The van der Waals surface area contributed by atoms with E-state index in [-0.39, 0.29) is 84.6 Å². The normalized spacial score (nSPS) is 16.9. The Balaban J connectivity index is 0.000000214. The van der Waals surface area contributed by atoms with Crippen LogP contribution in [0.4, 0.5) is 20.7 Å². The first kappa shape index (κ1) is 48.3. The number of esters is 1. The summed E-state index contributed by atoms with van der Waals surface area (Å²) in [5, 5.41) is 16.9. The lowest BCUT2D eigenvalue weighted by Crippen LogP contribution is -2.33. The van der Waals surface area contributed by atoms with E-state index in [2.05, 4.69) is 50.5 Å². The van der Waals surface area contributed by atoms with Gasteiger partial charge in [-0.1, -0.05) is 0 Å². The highest BCUT2D eigenvalue weighted by molar-refractivity contribution is 7.19. The first-order chi connectivity index (χ1) is 30.3. The number of thiazole rings is 2. The zero-order chi connectivity index (χ0) is 46.0. The van der Waals surface area contributed by atoms with Crippen LogP contribution in [0.2, 0.25) is 0 Å². The van der Waals surface area contributed by atoms with Crippen molar-refractivity contribution < 1.29 is 37.8 Å². The highest BCUT2D eigenvalue weighted by Crippen LogP contribution is 2.31. The standard InChI is InChI=1S/C23H27FN6O3S.C19H19FN6O3S.ClH/c1-12(15-8-16(24)10-25-9-15)26-22-28-17(18-19(29-22)27-13(2)34-18)20(31)30-7-6-14(11-30)21(32)33-23(3,4)5;1-9(12-5-13(20)7-21-6-12)22-19-24-14(15-16(25-19)23-10(2)30-15)17(27)26-4-3-11(8-26)18(28)29;/h8-10,12,14H,6-7,11H2,1-5H3,(H,26,28,29);5-7,9,11H,3-4,8H2,1-2H3,(H,28,29)(H,22,24,25);1H/t12-,14?;9-,11?;/m00./s1. The van der Waals surface area contributed by atoms with Crippen LogP contribution < -0.4 is 10.6 Å². The predicted octanol–water partition coefficient (Wildman–Crippen LogP) is 6.98. The first-order valence-corrected chi connectivity index (χ1v) is 22.0. The number of nitrogens with zero attached hydrogens (tertiary/aromatic N) is 10. The summed E-state index contributed by atoms with van der Waals surface area (Å²) >= 11 is 2.66. The van der Waals surface area contributed by atoms with Gasteiger partial charge in [0.15, 0.2) is 22.7 Å². The Morgan fingerprint density at radius 3 is 1.55 bits per heavy atom. The highest BCUT2D eigenvalue weighted by Gasteiger charge is 2.36. The molecule has 0 saturated carbocycles. The number of hydrogen-bond donors (Lipinski definition) is 3.